The second-order valence-electron chi connectivity index (χ2n) is 7.17. The van der Waals surface area contributed by atoms with E-state index in [2.05, 4.69) is 20.0 Å². The van der Waals surface area contributed by atoms with Crippen molar-refractivity contribution in [1.82, 2.24) is 15.1 Å². The van der Waals surface area contributed by atoms with Gasteiger partial charge in [-0.1, -0.05) is 11.6 Å². The minimum absolute atomic E-state index is 0.251. The van der Waals surface area contributed by atoms with Crippen LogP contribution in [0.25, 0.3) is 0 Å². The Morgan fingerprint density at radius 2 is 1.85 bits per heavy atom. The topological polar surface area (TPSA) is 41.5 Å². The molecule has 2 aliphatic rings. The number of benzene rings is 1. The van der Waals surface area contributed by atoms with Crippen LogP contribution in [0.1, 0.15) is 12.8 Å². The van der Waals surface area contributed by atoms with E-state index in [4.69, 9.17) is 16.3 Å². The van der Waals surface area contributed by atoms with Crippen LogP contribution in [0.5, 0.6) is 5.75 Å². The molecule has 2 atom stereocenters. The molecule has 8 heteroatoms. The molecule has 0 radical (unpaired) electrons. The highest BCUT2D eigenvalue weighted by Crippen LogP contribution is 2.28. The van der Waals surface area contributed by atoms with Gasteiger partial charge in [-0.15, -0.1) is 10.2 Å². The Bertz CT molecular complexity index is 772. The molecule has 3 heterocycles. The number of anilines is 1. The highest BCUT2D eigenvalue weighted by Gasteiger charge is 2.33. The van der Waals surface area contributed by atoms with Gasteiger partial charge in [0.1, 0.15) is 17.4 Å². The third-order valence-electron chi connectivity index (χ3n) is 5.27. The molecule has 2 saturated heterocycles. The Hall–Kier alpha value is -1.99. The number of rotatable bonds is 4. The number of piperazine rings is 1. The maximum Gasteiger partial charge on any atom is 0.151 e. The third-order valence-corrected chi connectivity index (χ3v) is 5.47. The minimum atomic E-state index is -0.616. The molecule has 0 N–H and O–H groups in total. The minimum Gasteiger partial charge on any atom is -0.493 e. The monoisotopic (exact) mass is 394 g/mol. The molecule has 0 saturated carbocycles. The van der Waals surface area contributed by atoms with Crippen molar-refractivity contribution >= 4 is 17.4 Å². The summed E-state index contributed by atoms with van der Waals surface area (Å²) in [5.74, 6) is 0.234. The summed E-state index contributed by atoms with van der Waals surface area (Å²) < 4.78 is 32.2. The fraction of sp³-hybridized carbons (Fsp3) is 0.474. The first-order chi connectivity index (χ1) is 13.1. The van der Waals surface area contributed by atoms with E-state index in [0.29, 0.717) is 23.7 Å². The first-order valence-corrected chi connectivity index (χ1v) is 9.52. The van der Waals surface area contributed by atoms with Crippen molar-refractivity contribution in [2.24, 2.45) is 5.92 Å². The maximum absolute atomic E-state index is 13.3. The smallest absolute Gasteiger partial charge is 0.151 e. The second kappa shape index (κ2) is 7.94. The zero-order valence-electron chi connectivity index (χ0n) is 14.8. The standard InChI is InChI=1S/C19H21ClF2N4O/c20-18-3-4-19(24-23-18)26-6-5-25-10-13(1-2-16(25)11-26)12-27-17-8-14(21)7-15(22)9-17/h3-4,7-9,13,16H,1-2,5-6,10-12H2/t13-,16+/m1/s1. The van der Waals surface area contributed by atoms with E-state index >= 15 is 0 Å². The second-order valence-corrected chi connectivity index (χ2v) is 7.56. The molecule has 4 rings (SSSR count). The molecule has 2 aromatic rings. The van der Waals surface area contributed by atoms with Gasteiger partial charge in [-0.25, -0.2) is 8.78 Å². The van der Waals surface area contributed by atoms with Gasteiger partial charge in [0.15, 0.2) is 11.0 Å². The van der Waals surface area contributed by atoms with Crippen LogP contribution >= 0.6 is 11.6 Å². The summed E-state index contributed by atoms with van der Waals surface area (Å²) in [6.07, 6.45) is 2.09. The molecule has 144 valence electrons. The van der Waals surface area contributed by atoms with E-state index in [9.17, 15) is 8.78 Å². The maximum atomic E-state index is 13.3. The number of ether oxygens (including phenoxy) is 1. The molecule has 0 spiro atoms. The van der Waals surface area contributed by atoms with E-state index in [1.165, 1.54) is 12.1 Å². The molecule has 2 fully saturated rings. The highest BCUT2D eigenvalue weighted by molar-refractivity contribution is 6.29. The van der Waals surface area contributed by atoms with Gasteiger partial charge < -0.3 is 9.64 Å². The van der Waals surface area contributed by atoms with E-state index in [0.717, 1.165) is 50.9 Å². The quantitative estimate of drug-likeness (QED) is 0.795. The molecule has 2 aliphatic heterocycles. The molecular weight excluding hydrogens is 374 g/mol. The van der Waals surface area contributed by atoms with Gasteiger partial charge in [-0.2, -0.15) is 0 Å². The van der Waals surface area contributed by atoms with Gasteiger partial charge >= 0.3 is 0 Å². The largest absolute Gasteiger partial charge is 0.493 e. The van der Waals surface area contributed by atoms with Crippen LogP contribution in [0.2, 0.25) is 5.15 Å². The fourth-order valence-corrected chi connectivity index (χ4v) is 4.01. The van der Waals surface area contributed by atoms with Crippen LogP contribution in [-0.2, 0) is 0 Å². The van der Waals surface area contributed by atoms with E-state index in [1.807, 2.05) is 6.07 Å². The zero-order valence-corrected chi connectivity index (χ0v) is 15.6. The Labute approximate surface area is 161 Å². The summed E-state index contributed by atoms with van der Waals surface area (Å²) in [6, 6.07) is 7.44. The Morgan fingerprint density at radius 1 is 1.04 bits per heavy atom. The Morgan fingerprint density at radius 3 is 2.59 bits per heavy atom. The molecule has 0 bridgehead atoms. The first kappa shape index (κ1) is 18.4. The van der Waals surface area contributed by atoms with Gasteiger partial charge in [-0.05, 0) is 25.0 Å². The van der Waals surface area contributed by atoms with Crippen molar-refractivity contribution in [2.45, 2.75) is 18.9 Å². The van der Waals surface area contributed by atoms with Crippen molar-refractivity contribution in [3.8, 4) is 5.75 Å². The van der Waals surface area contributed by atoms with Crippen molar-refractivity contribution in [1.29, 1.82) is 0 Å². The molecule has 5 nitrogen and oxygen atoms in total. The van der Waals surface area contributed by atoms with Gasteiger partial charge in [0.2, 0.25) is 0 Å². The SMILES string of the molecule is Fc1cc(F)cc(OC[C@@H]2CC[C@H]3CN(c4ccc(Cl)nn4)CCN3C2)c1. The molecule has 0 amide bonds. The van der Waals surface area contributed by atoms with Crippen LogP contribution < -0.4 is 9.64 Å². The average Bonchev–Trinajstić information content (AvgIpc) is 2.66. The van der Waals surface area contributed by atoms with Crippen LogP contribution in [0.4, 0.5) is 14.6 Å². The lowest BCUT2D eigenvalue weighted by Crippen LogP contribution is -2.57. The lowest BCUT2D eigenvalue weighted by atomic mass is 9.91. The Balaban J connectivity index is 1.30. The molecule has 1 aromatic heterocycles. The number of nitrogens with zero attached hydrogens (tertiary/aromatic N) is 4. The van der Waals surface area contributed by atoms with E-state index in [1.54, 1.807) is 6.07 Å². The highest BCUT2D eigenvalue weighted by atomic mass is 35.5. The third kappa shape index (κ3) is 4.47. The molecule has 0 aliphatic carbocycles. The van der Waals surface area contributed by atoms with Crippen molar-refractivity contribution in [3.63, 3.8) is 0 Å². The van der Waals surface area contributed by atoms with Crippen LogP contribution in [-0.4, -0.2) is 53.9 Å². The van der Waals surface area contributed by atoms with Crippen LogP contribution in [0.3, 0.4) is 0 Å². The lowest BCUT2D eigenvalue weighted by molar-refractivity contribution is 0.0726. The normalized spacial score (nSPS) is 23.1. The molecule has 27 heavy (non-hydrogen) atoms. The van der Waals surface area contributed by atoms with Crippen molar-refractivity contribution in [3.05, 3.63) is 47.1 Å². The zero-order chi connectivity index (χ0) is 18.8. The number of halogens is 3. The summed E-state index contributed by atoms with van der Waals surface area (Å²) >= 11 is 5.81. The summed E-state index contributed by atoms with van der Waals surface area (Å²) in [7, 11) is 0. The summed E-state index contributed by atoms with van der Waals surface area (Å²) in [4.78, 5) is 4.72. The van der Waals surface area contributed by atoms with Crippen molar-refractivity contribution < 1.29 is 13.5 Å². The predicted molar refractivity (Wildman–Crippen MR) is 99.2 cm³/mol. The Kier molecular flexibility index (Phi) is 5.41. The van der Waals surface area contributed by atoms with Gasteiger partial charge in [0, 0.05) is 56.3 Å². The number of piperidine rings is 1. The summed E-state index contributed by atoms with van der Waals surface area (Å²) in [5.41, 5.74) is 0. The fourth-order valence-electron chi connectivity index (χ4n) is 3.91. The van der Waals surface area contributed by atoms with Crippen LogP contribution in [0.15, 0.2) is 30.3 Å². The molecule has 0 unspecified atom stereocenters. The summed E-state index contributed by atoms with van der Waals surface area (Å²) in [6.45, 7) is 4.15. The van der Waals surface area contributed by atoms with Gasteiger partial charge in [0.25, 0.3) is 0 Å². The number of aromatic nitrogens is 2. The molecular formula is C19H21ClF2N4O. The van der Waals surface area contributed by atoms with Crippen LogP contribution in [0, 0.1) is 17.6 Å². The summed E-state index contributed by atoms with van der Waals surface area (Å²) in [5, 5.41) is 8.50. The lowest BCUT2D eigenvalue weighted by Gasteiger charge is -2.46. The van der Waals surface area contributed by atoms with E-state index in [-0.39, 0.29) is 5.75 Å². The van der Waals surface area contributed by atoms with Gasteiger partial charge in [-0.3, -0.25) is 4.90 Å². The number of hydrogen-bond acceptors (Lipinski definition) is 5. The number of hydrogen-bond donors (Lipinski definition) is 0. The number of fused-ring (bicyclic) bond motifs is 1. The first-order valence-electron chi connectivity index (χ1n) is 9.14. The van der Waals surface area contributed by atoms with Gasteiger partial charge in [0.05, 0.1) is 6.61 Å². The van der Waals surface area contributed by atoms with Crippen molar-refractivity contribution in [2.75, 3.05) is 37.7 Å². The average molecular weight is 395 g/mol. The predicted octanol–water partition coefficient (Wildman–Crippen LogP) is 3.39. The molecule has 1 aromatic carbocycles. The van der Waals surface area contributed by atoms with E-state index < -0.39 is 11.6 Å².